The average Bonchev–Trinajstić information content (AvgIpc) is 2.49. The third-order valence-corrected chi connectivity index (χ3v) is 3.64. The topological polar surface area (TPSA) is 41.5 Å². The van der Waals surface area contributed by atoms with Gasteiger partial charge in [0.05, 0.1) is 12.7 Å². The highest BCUT2D eigenvalue weighted by Crippen LogP contribution is 2.29. The van der Waals surface area contributed by atoms with Crippen molar-refractivity contribution in [3.05, 3.63) is 42.0 Å². The smallest absolute Gasteiger partial charge is 0.124 e. The number of aliphatic hydroxyl groups excluding tert-OH is 1. The van der Waals surface area contributed by atoms with Gasteiger partial charge in [0.1, 0.15) is 5.75 Å². The highest BCUT2D eigenvalue weighted by Gasteiger charge is 2.12. The van der Waals surface area contributed by atoms with E-state index in [1.54, 1.807) is 0 Å². The molecule has 2 rings (SSSR count). The van der Waals surface area contributed by atoms with Crippen LogP contribution >= 0.6 is 0 Å². The summed E-state index contributed by atoms with van der Waals surface area (Å²) in [4.78, 5) is 0. The van der Waals surface area contributed by atoms with Gasteiger partial charge < -0.3 is 15.2 Å². The summed E-state index contributed by atoms with van der Waals surface area (Å²) < 4.78 is 5.95. The molecule has 3 heteroatoms. The molecule has 0 unspecified atom stereocenters. The van der Waals surface area contributed by atoms with Crippen molar-refractivity contribution in [2.75, 3.05) is 6.61 Å². The van der Waals surface area contributed by atoms with Crippen LogP contribution in [0.3, 0.4) is 0 Å². The summed E-state index contributed by atoms with van der Waals surface area (Å²) in [7, 11) is 0. The van der Waals surface area contributed by atoms with Crippen LogP contribution < -0.4 is 10.1 Å². The summed E-state index contributed by atoms with van der Waals surface area (Å²) in [6.45, 7) is 7.00. The van der Waals surface area contributed by atoms with Gasteiger partial charge in [-0.1, -0.05) is 37.3 Å². The van der Waals surface area contributed by atoms with Crippen LogP contribution in [0, 0.1) is 0 Å². The predicted octanol–water partition coefficient (Wildman–Crippen LogP) is 3.49. The van der Waals surface area contributed by atoms with E-state index in [1.165, 1.54) is 10.8 Å². The largest absolute Gasteiger partial charge is 0.491 e. The molecule has 0 amide bonds. The molecule has 2 aromatic rings. The van der Waals surface area contributed by atoms with Crippen molar-refractivity contribution in [3.63, 3.8) is 0 Å². The summed E-state index contributed by atoms with van der Waals surface area (Å²) >= 11 is 0. The van der Waals surface area contributed by atoms with E-state index in [9.17, 15) is 5.11 Å². The molecule has 0 bridgehead atoms. The Hall–Kier alpha value is -1.58. The summed E-state index contributed by atoms with van der Waals surface area (Å²) in [5.74, 6) is 0.920. The van der Waals surface area contributed by atoms with Crippen LogP contribution in [0.5, 0.6) is 5.75 Å². The number of ether oxygens (including phenoxy) is 1. The molecule has 0 spiro atoms. The molecular formula is C18H25NO2. The minimum atomic E-state index is 0.121. The molecule has 1 atom stereocenters. The molecule has 0 aliphatic carbocycles. The molecule has 2 N–H and O–H groups in total. The number of hydrogen-bond donors (Lipinski definition) is 2. The first-order valence-electron chi connectivity index (χ1n) is 7.67. The third-order valence-electron chi connectivity index (χ3n) is 3.64. The molecule has 21 heavy (non-hydrogen) atoms. The zero-order valence-corrected chi connectivity index (χ0v) is 13.1. The Morgan fingerprint density at radius 1 is 1.14 bits per heavy atom. The Kier molecular flexibility index (Phi) is 5.59. The van der Waals surface area contributed by atoms with Gasteiger partial charge in [0.25, 0.3) is 0 Å². The van der Waals surface area contributed by atoms with E-state index >= 15 is 0 Å². The predicted molar refractivity (Wildman–Crippen MR) is 87.7 cm³/mol. The van der Waals surface area contributed by atoms with Gasteiger partial charge in [-0.15, -0.1) is 0 Å². The molecule has 0 saturated heterocycles. The van der Waals surface area contributed by atoms with Gasteiger partial charge in [-0.05, 0) is 37.1 Å². The van der Waals surface area contributed by atoms with Crippen LogP contribution in [-0.2, 0) is 6.54 Å². The monoisotopic (exact) mass is 287 g/mol. The van der Waals surface area contributed by atoms with Gasteiger partial charge in [0, 0.05) is 18.2 Å². The molecule has 0 heterocycles. The fourth-order valence-electron chi connectivity index (χ4n) is 2.45. The Morgan fingerprint density at radius 3 is 2.57 bits per heavy atom. The molecule has 0 radical (unpaired) electrons. The van der Waals surface area contributed by atoms with E-state index in [1.807, 2.05) is 32.0 Å². The normalized spacial score (nSPS) is 12.8. The fraction of sp³-hybridized carbons (Fsp3) is 0.444. The molecule has 114 valence electrons. The fourth-order valence-corrected chi connectivity index (χ4v) is 2.45. The van der Waals surface area contributed by atoms with Crippen molar-refractivity contribution in [1.82, 2.24) is 5.32 Å². The van der Waals surface area contributed by atoms with Gasteiger partial charge in [-0.3, -0.25) is 0 Å². The first-order valence-corrected chi connectivity index (χ1v) is 7.67. The zero-order valence-electron chi connectivity index (χ0n) is 13.1. The Balaban J connectivity index is 2.35. The maximum atomic E-state index is 9.34. The number of nitrogens with one attached hydrogen (secondary N) is 1. The molecule has 0 aliphatic heterocycles. The first-order chi connectivity index (χ1) is 10.2. The second kappa shape index (κ2) is 7.43. The van der Waals surface area contributed by atoms with E-state index in [0.29, 0.717) is 6.54 Å². The van der Waals surface area contributed by atoms with E-state index < -0.39 is 0 Å². The van der Waals surface area contributed by atoms with E-state index in [4.69, 9.17) is 4.74 Å². The number of aliphatic hydroxyl groups is 1. The van der Waals surface area contributed by atoms with Gasteiger partial charge in [0.15, 0.2) is 0 Å². The molecule has 0 fully saturated rings. The van der Waals surface area contributed by atoms with Gasteiger partial charge >= 0.3 is 0 Å². The number of fused-ring (bicyclic) bond motifs is 1. The molecule has 0 aromatic heterocycles. The van der Waals surface area contributed by atoms with E-state index in [-0.39, 0.29) is 18.8 Å². The summed E-state index contributed by atoms with van der Waals surface area (Å²) in [6, 6.07) is 12.6. The maximum absolute atomic E-state index is 9.34. The second-order valence-electron chi connectivity index (χ2n) is 5.60. The summed E-state index contributed by atoms with van der Waals surface area (Å²) in [6.07, 6.45) is 1.05. The van der Waals surface area contributed by atoms with Crippen molar-refractivity contribution in [1.29, 1.82) is 0 Å². The lowest BCUT2D eigenvalue weighted by Crippen LogP contribution is -2.31. The minimum Gasteiger partial charge on any atom is -0.491 e. The van der Waals surface area contributed by atoms with Crippen LogP contribution in [0.15, 0.2) is 36.4 Å². The summed E-state index contributed by atoms with van der Waals surface area (Å²) in [5.41, 5.74) is 1.16. The lowest BCUT2D eigenvalue weighted by molar-refractivity contribution is 0.230. The quantitative estimate of drug-likeness (QED) is 0.819. The molecular weight excluding hydrogens is 262 g/mol. The van der Waals surface area contributed by atoms with Crippen molar-refractivity contribution < 1.29 is 9.84 Å². The highest BCUT2D eigenvalue weighted by molar-refractivity contribution is 5.87. The zero-order chi connectivity index (χ0) is 15.2. The number of hydrogen-bond acceptors (Lipinski definition) is 3. The van der Waals surface area contributed by atoms with E-state index in [2.05, 4.69) is 30.4 Å². The van der Waals surface area contributed by atoms with Crippen LogP contribution in [0.1, 0.15) is 32.8 Å². The number of benzene rings is 2. The van der Waals surface area contributed by atoms with Gasteiger partial charge in [-0.2, -0.15) is 0 Å². The lowest BCUT2D eigenvalue weighted by Gasteiger charge is -2.19. The minimum absolute atomic E-state index is 0.121. The van der Waals surface area contributed by atoms with Crippen molar-refractivity contribution >= 4 is 10.8 Å². The molecule has 0 aliphatic rings. The van der Waals surface area contributed by atoms with Crippen LogP contribution in [0.25, 0.3) is 10.8 Å². The number of rotatable bonds is 7. The highest BCUT2D eigenvalue weighted by atomic mass is 16.5. The van der Waals surface area contributed by atoms with Crippen LogP contribution in [-0.4, -0.2) is 23.9 Å². The lowest BCUT2D eigenvalue weighted by atomic mass is 10.0. The standard InChI is InChI=1S/C18H25NO2/c1-4-15(12-20)19-11-17-16-8-6-5-7-14(16)9-10-18(17)21-13(2)3/h5-10,13,15,19-20H,4,11-12H2,1-3H3/t15-/m0/s1. The summed E-state index contributed by atoms with van der Waals surface area (Å²) in [5, 5.41) is 15.2. The van der Waals surface area contributed by atoms with Crippen molar-refractivity contribution in [2.24, 2.45) is 0 Å². The average molecular weight is 287 g/mol. The van der Waals surface area contributed by atoms with Crippen molar-refractivity contribution in [2.45, 2.75) is 45.9 Å². The van der Waals surface area contributed by atoms with Crippen molar-refractivity contribution in [3.8, 4) is 5.75 Å². The Labute approximate surface area is 126 Å². The van der Waals surface area contributed by atoms with Gasteiger partial charge in [0.2, 0.25) is 0 Å². The van der Waals surface area contributed by atoms with Gasteiger partial charge in [-0.25, -0.2) is 0 Å². The second-order valence-corrected chi connectivity index (χ2v) is 5.60. The molecule has 2 aromatic carbocycles. The third kappa shape index (κ3) is 3.96. The Morgan fingerprint density at radius 2 is 1.90 bits per heavy atom. The Bertz CT molecular complexity index is 576. The van der Waals surface area contributed by atoms with E-state index in [0.717, 1.165) is 17.7 Å². The SMILES string of the molecule is CC[C@@H](CO)NCc1c(OC(C)C)ccc2ccccc12. The molecule has 0 saturated carbocycles. The first kappa shape index (κ1) is 15.8. The molecule has 3 nitrogen and oxygen atoms in total. The van der Waals surface area contributed by atoms with Crippen LogP contribution in [0.2, 0.25) is 0 Å². The van der Waals surface area contributed by atoms with Crippen LogP contribution in [0.4, 0.5) is 0 Å². The maximum Gasteiger partial charge on any atom is 0.124 e.